The van der Waals surface area contributed by atoms with Gasteiger partial charge >= 0.3 is 0 Å². The van der Waals surface area contributed by atoms with Crippen LogP contribution in [0, 0.1) is 5.92 Å². The predicted molar refractivity (Wildman–Crippen MR) is 111 cm³/mol. The zero-order valence-corrected chi connectivity index (χ0v) is 15.8. The summed E-state index contributed by atoms with van der Waals surface area (Å²) >= 11 is 0. The standard InChI is InChI=1S/C22H25N5O/c23-22(28)17-9-12-26(13-10-17)21-8-4-5-18(15-21)24-16-19-11-14-27(25-19)20-6-2-1-3-7-20/h1-8,11,14-15,17,24H,9-10,12-13,16H2,(H2,23,28). The van der Waals surface area contributed by atoms with Crippen molar-refractivity contribution in [3.63, 3.8) is 0 Å². The number of primary amides is 1. The summed E-state index contributed by atoms with van der Waals surface area (Å²) in [5.41, 5.74) is 9.70. The van der Waals surface area contributed by atoms with E-state index in [1.54, 1.807) is 0 Å². The molecule has 6 nitrogen and oxygen atoms in total. The van der Waals surface area contributed by atoms with E-state index in [0.29, 0.717) is 6.54 Å². The van der Waals surface area contributed by atoms with Gasteiger partial charge < -0.3 is 16.0 Å². The van der Waals surface area contributed by atoms with E-state index in [-0.39, 0.29) is 11.8 Å². The number of nitrogens with zero attached hydrogens (tertiary/aromatic N) is 3. The Morgan fingerprint density at radius 2 is 1.79 bits per heavy atom. The molecule has 0 saturated carbocycles. The fourth-order valence-corrected chi connectivity index (χ4v) is 3.61. The Balaban J connectivity index is 1.37. The third-order valence-electron chi connectivity index (χ3n) is 5.25. The van der Waals surface area contributed by atoms with Crippen molar-refractivity contribution in [2.24, 2.45) is 11.7 Å². The zero-order valence-electron chi connectivity index (χ0n) is 15.8. The van der Waals surface area contributed by atoms with E-state index < -0.39 is 0 Å². The molecule has 1 saturated heterocycles. The highest BCUT2D eigenvalue weighted by Gasteiger charge is 2.23. The number of hydrogen-bond donors (Lipinski definition) is 2. The molecule has 1 fully saturated rings. The molecule has 28 heavy (non-hydrogen) atoms. The van der Waals surface area contributed by atoms with Crippen molar-refractivity contribution in [3.05, 3.63) is 72.6 Å². The minimum absolute atomic E-state index is 0.0114. The molecule has 0 radical (unpaired) electrons. The molecule has 1 aromatic heterocycles. The van der Waals surface area contributed by atoms with Crippen molar-refractivity contribution < 1.29 is 4.79 Å². The molecule has 3 N–H and O–H groups in total. The number of para-hydroxylation sites is 1. The van der Waals surface area contributed by atoms with Crippen LogP contribution in [-0.4, -0.2) is 28.8 Å². The fourth-order valence-electron chi connectivity index (χ4n) is 3.61. The monoisotopic (exact) mass is 375 g/mol. The SMILES string of the molecule is NC(=O)C1CCN(c2cccc(NCc3ccn(-c4ccccc4)n3)c2)CC1. The molecule has 1 aliphatic rings. The van der Waals surface area contributed by atoms with Crippen molar-refractivity contribution in [2.75, 3.05) is 23.3 Å². The Morgan fingerprint density at radius 1 is 1.04 bits per heavy atom. The summed E-state index contributed by atoms with van der Waals surface area (Å²) in [6.45, 7) is 2.38. The van der Waals surface area contributed by atoms with Gasteiger partial charge in [0.1, 0.15) is 0 Å². The van der Waals surface area contributed by atoms with Crippen LogP contribution in [0.5, 0.6) is 0 Å². The Labute approximate surface area is 165 Å². The lowest BCUT2D eigenvalue weighted by atomic mass is 9.96. The number of carbonyl (C=O) groups is 1. The van der Waals surface area contributed by atoms with Crippen LogP contribution in [0.4, 0.5) is 11.4 Å². The molecule has 144 valence electrons. The maximum absolute atomic E-state index is 11.3. The maximum atomic E-state index is 11.3. The van der Waals surface area contributed by atoms with Gasteiger partial charge in [0, 0.05) is 36.6 Å². The summed E-state index contributed by atoms with van der Waals surface area (Å²) < 4.78 is 1.89. The smallest absolute Gasteiger partial charge is 0.220 e. The predicted octanol–water partition coefficient (Wildman–Crippen LogP) is 3.19. The fraction of sp³-hybridized carbons (Fsp3) is 0.273. The number of rotatable bonds is 6. The van der Waals surface area contributed by atoms with Gasteiger partial charge in [0.25, 0.3) is 0 Å². The van der Waals surface area contributed by atoms with Crippen LogP contribution < -0.4 is 16.0 Å². The van der Waals surface area contributed by atoms with E-state index in [4.69, 9.17) is 5.73 Å². The molecule has 0 aliphatic carbocycles. The molecular weight excluding hydrogens is 350 g/mol. The van der Waals surface area contributed by atoms with E-state index in [1.165, 1.54) is 5.69 Å². The van der Waals surface area contributed by atoms with Gasteiger partial charge in [-0.3, -0.25) is 4.79 Å². The Kier molecular flexibility index (Phi) is 5.28. The quantitative estimate of drug-likeness (QED) is 0.694. The molecule has 3 aromatic rings. The molecular formula is C22H25N5O. The normalized spacial score (nSPS) is 14.8. The largest absolute Gasteiger partial charge is 0.379 e. The second kappa shape index (κ2) is 8.17. The number of anilines is 2. The van der Waals surface area contributed by atoms with Crippen LogP contribution in [0.1, 0.15) is 18.5 Å². The van der Waals surface area contributed by atoms with Crippen LogP contribution in [-0.2, 0) is 11.3 Å². The summed E-state index contributed by atoms with van der Waals surface area (Å²) in [7, 11) is 0. The Hall–Kier alpha value is -3.28. The van der Waals surface area contributed by atoms with Gasteiger partial charge in [-0.05, 0) is 49.2 Å². The first-order valence-electron chi connectivity index (χ1n) is 9.67. The minimum atomic E-state index is -0.176. The first kappa shape index (κ1) is 18.1. The third kappa shape index (κ3) is 4.17. The number of carbonyl (C=O) groups excluding carboxylic acids is 1. The molecule has 0 atom stereocenters. The van der Waals surface area contributed by atoms with E-state index >= 15 is 0 Å². The minimum Gasteiger partial charge on any atom is -0.379 e. The molecule has 0 unspecified atom stereocenters. The second-order valence-corrected chi connectivity index (χ2v) is 7.15. The van der Waals surface area contributed by atoms with E-state index in [0.717, 1.165) is 43.0 Å². The lowest BCUT2D eigenvalue weighted by Crippen LogP contribution is -2.38. The molecule has 0 spiro atoms. The van der Waals surface area contributed by atoms with Gasteiger partial charge in [-0.25, -0.2) is 4.68 Å². The second-order valence-electron chi connectivity index (χ2n) is 7.15. The number of nitrogens with one attached hydrogen (secondary N) is 1. The molecule has 6 heteroatoms. The third-order valence-corrected chi connectivity index (χ3v) is 5.25. The van der Waals surface area contributed by atoms with Gasteiger partial charge in [0.05, 0.1) is 17.9 Å². The summed E-state index contributed by atoms with van der Waals surface area (Å²) in [4.78, 5) is 13.7. The summed E-state index contributed by atoms with van der Waals surface area (Å²) in [5.74, 6) is -0.165. The van der Waals surface area contributed by atoms with E-state index in [1.807, 2.05) is 47.3 Å². The number of piperidine rings is 1. The summed E-state index contributed by atoms with van der Waals surface area (Å²) in [5, 5.41) is 8.09. The highest BCUT2D eigenvalue weighted by molar-refractivity contribution is 5.77. The first-order chi connectivity index (χ1) is 13.7. The number of hydrogen-bond acceptors (Lipinski definition) is 4. The van der Waals surface area contributed by atoms with Crippen molar-refractivity contribution in [2.45, 2.75) is 19.4 Å². The van der Waals surface area contributed by atoms with Crippen molar-refractivity contribution in [1.82, 2.24) is 9.78 Å². The average molecular weight is 375 g/mol. The first-order valence-corrected chi connectivity index (χ1v) is 9.67. The summed E-state index contributed by atoms with van der Waals surface area (Å²) in [6.07, 6.45) is 3.62. The number of aromatic nitrogens is 2. The van der Waals surface area contributed by atoms with Gasteiger partial charge in [-0.1, -0.05) is 24.3 Å². The van der Waals surface area contributed by atoms with Crippen LogP contribution in [0.3, 0.4) is 0 Å². The Morgan fingerprint density at radius 3 is 2.54 bits per heavy atom. The van der Waals surface area contributed by atoms with E-state index in [2.05, 4.69) is 39.6 Å². The lowest BCUT2D eigenvalue weighted by Gasteiger charge is -2.32. The van der Waals surface area contributed by atoms with Crippen LogP contribution in [0.25, 0.3) is 5.69 Å². The van der Waals surface area contributed by atoms with Gasteiger partial charge in [0.2, 0.25) is 5.91 Å². The lowest BCUT2D eigenvalue weighted by molar-refractivity contribution is -0.122. The number of benzene rings is 2. The molecule has 1 aliphatic heterocycles. The highest BCUT2D eigenvalue weighted by Crippen LogP contribution is 2.25. The van der Waals surface area contributed by atoms with Crippen LogP contribution in [0.2, 0.25) is 0 Å². The van der Waals surface area contributed by atoms with Gasteiger partial charge in [-0.15, -0.1) is 0 Å². The molecule has 2 heterocycles. The van der Waals surface area contributed by atoms with Gasteiger partial charge in [-0.2, -0.15) is 5.10 Å². The molecule has 1 amide bonds. The summed E-state index contributed by atoms with van der Waals surface area (Å²) in [6, 6.07) is 20.5. The number of amides is 1. The zero-order chi connectivity index (χ0) is 19.3. The van der Waals surface area contributed by atoms with Crippen molar-refractivity contribution in [1.29, 1.82) is 0 Å². The Bertz CT molecular complexity index is 929. The molecule has 2 aromatic carbocycles. The van der Waals surface area contributed by atoms with Crippen LogP contribution in [0.15, 0.2) is 66.9 Å². The topological polar surface area (TPSA) is 76.2 Å². The van der Waals surface area contributed by atoms with Crippen molar-refractivity contribution >= 4 is 17.3 Å². The maximum Gasteiger partial charge on any atom is 0.220 e. The number of nitrogens with two attached hydrogens (primary N) is 1. The van der Waals surface area contributed by atoms with E-state index in [9.17, 15) is 4.79 Å². The van der Waals surface area contributed by atoms with Crippen molar-refractivity contribution in [3.8, 4) is 5.69 Å². The average Bonchev–Trinajstić information content (AvgIpc) is 3.22. The highest BCUT2D eigenvalue weighted by atomic mass is 16.1. The molecule has 0 bridgehead atoms. The van der Waals surface area contributed by atoms with Crippen LogP contribution >= 0.6 is 0 Å². The van der Waals surface area contributed by atoms with Gasteiger partial charge in [0.15, 0.2) is 0 Å². The molecule has 4 rings (SSSR count).